The smallest absolute Gasteiger partial charge is 0.337 e. The van der Waals surface area contributed by atoms with E-state index in [0.29, 0.717) is 12.0 Å². The second-order valence-corrected chi connectivity index (χ2v) is 6.55. The van der Waals surface area contributed by atoms with Gasteiger partial charge in [0.15, 0.2) is 0 Å². The first kappa shape index (κ1) is 23.3. The van der Waals surface area contributed by atoms with Gasteiger partial charge in [0.05, 0.1) is 25.4 Å². The van der Waals surface area contributed by atoms with Crippen LogP contribution in [0, 0.1) is 0 Å². The Hall–Kier alpha value is -2.70. The number of carbonyl (C=O) groups excluding carboxylic acids is 3. The summed E-state index contributed by atoms with van der Waals surface area (Å²) in [5.74, 6) is -0.926. The maximum atomic E-state index is 11.7. The highest BCUT2D eigenvalue weighted by atomic mass is 16.5. The molecule has 0 aliphatic rings. The summed E-state index contributed by atoms with van der Waals surface area (Å²) in [6.07, 6.45) is 9.94. The lowest BCUT2D eigenvalue weighted by Gasteiger charge is -2.04. The molecule has 1 aromatic carbocycles. The Morgan fingerprint density at radius 1 is 0.964 bits per heavy atom. The Balaban J connectivity index is 2.16. The third-order valence-corrected chi connectivity index (χ3v) is 4.19. The van der Waals surface area contributed by atoms with Crippen molar-refractivity contribution in [1.82, 2.24) is 10.7 Å². The molecule has 2 amide bonds. The molecule has 1 aromatic rings. The molecule has 2 N–H and O–H groups in total. The number of hydrazone groups is 1. The molecule has 0 spiro atoms. The van der Waals surface area contributed by atoms with E-state index in [4.69, 9.17) is 0 Å². The van der Waals surface area contributed by atoms with Crippen molar-refractivity contribution >= 4 is 24.0 Å². The second kappa shape index (κ2) is 14.4. The van der Waals surface area contributed by atoms with Crippen LogP contribution in [-0.2, 0) is 14.3 Å². The molecule has 0 bridgehead atoms. The van der Waals surface area contributed by atoms with Gasteiger partial charge in [0.25, 0.3) is 5.91 Å². The van der Waals surface area contributed by atoms with Crippen LogP contribution in [0.1, 0.15) is 74.2 Å². The number of unbranched alkanes of at least 4 members (excludes halogenated alkanes) is 6. The van der Waals surface area contributed by atoms with Crippen molar-refractivity contribution in [2.45, 2.75) is 58.3 Å². The number of amides is 2. The predicted molar refractivity (Wildman–Crippen MR) is 109 cm³/mol. The van der Waals surface area contributed by atoms with Crippen molar-refractivity contribution in [1.29, 1.82) is 0 Å². The van der Waals surface area contributed by atoms with Gasteiger partial charge in [0.2, 0.25) is 5.91 Å². The molecule has 28 heavy (non-hydrogen) atoms. The third-order valence-electron chi connectivity index (χ3n) is 4.19. The number of ether oxygens (including phenoxy) is 1. The van der Waals surface area contributed by atoms with Gasteiger partial charge in [-0.3, -0.25) is 9.59 Å². The average molecular weight is 389 g/mol. The summed E-state index contributed by atoms with van der Waals surface area (Å²) in [5.41, 5.74) is 3.51. The molecule has 0 unspecified atom stereocenters. The van der Waals surface area contributed by atoms with E-state index in [-0.39, 0.29) is 12.5 Å². The minimum atomic E-state index is -0.413. The maximum Gasteiger partial charge on any atom is 0.337 e. The van der Waals surface area contributed by atoms with Crippen LogP contribution in [-0.4, -0.2) is 37.7 Å². The highest BCUT2D eigenvalue weighted by Crippen LogP contribution is 2.08. The Labute approximate surface area is 166 Å². The Bertz CT molecular complexity index is 642. The number of esters is 1. The summed E-state index contributed by atoms with van der Waals surface area (Å²) in [6, 6.07) is 6.59. The molecule has 154 valence electrons. The number of hydrogen-bond acceptors (Lipinski definition) is 5. The number of nitrogens with zero attached hydrogens (tertiary/aromatic N) is 1. The lowest BCUT2D eigenvalue weighted by Crippen LogP contribution is -2.34. The van der Waals surface area contributed by atoms with Gasteiger partial charge in [-0.25, -0.2) is 10.2 Å². The van der Waals surface area contributed by atoms with Crippen LogP contribution < -0.4 is 10.7 Å². The van der Waals surface area contributed by atoms with Crippen LogP contribution in [0.3, 0.4) is 0 Å². The molecule has 0 saturated carbocycles. The van der Waals surface area contributed by atoms with Crippen LogP contribution in [0.4, 0.5) is 0 Å². The van der Waals surface area contributed by atoms with Gasteiger partial charge in [-0.15, -0.1) is 0 Å². The summed E-state index contributed by atoms with van der Waals surface area (Å²) in [5, 5.41) is 6.43. The molecule has 7 heteroatoms. The van der Waals surface area contributed by atoms with Crippen molar-refractivity contribution < 1.29 is 19.1 Å². The van der Waals surface area contributed by atoms with Gasteiger partial charge in [0, 0.05) is 6.42 Å². The molecule has 1 rings (SSSR count). The van der Waals surface area contributed by atoms with Crippen molar-refractivity contribution in [3.05, 3.63) is 35.4 Å². The molecule has 0 saturated heterocycles. The minimum absolute atomic E-state index is 0.103. The second-order valence-electron chi connectivity index (χ2n) is 6.55. The zero-order valence-corrected chi connectivity index (χ0v) is 16.8. The van der Waals surface area contributed by atoms with Gasteiger partial charge >= 0.3 is 5.97 Å². The highest BCUT2D eigenvalue weighted by Gasteiger charge is 2.05. The van der Waals surface area contributed by atoms with Gasteiger partial charge in [0.1, 0.15) is 0 Å². The number of hydrogen-bond donors (Lipinski definition) is 2. The molecular formula is C21H31N3O4. The normalized spacial score (nSPS) is 10.6. The zero-order chi connectivity index (χ0) is 20.6. The van der Waals surface area contributed by atoms with Crippen LogP contribution in [0.15, 0.2) is 29.4 Å². The number of carbonyl (C=O) groups is 3. The van der Waals surface area contributed by atoms with E-state index in [1.54, 1.807) is 24.3 Å². The fourth-order valence-electron chi connectivity index (χ4n) is 2.55. The van der Waals surface area contributed by atoms with Gasteiger partial charge in [-0.05, 0) is 24.1 Å². The summed E-state index contributed by atoms with van der Waals surface area (Å²) >= 11 is 0. The topological polar surface area (TPSA) is 96.9 Å². The van der Waals surface area contributed by atoms with E-state index < -0.39 is 11.9 Å². The number of methoxy groups -OCH3 is 1. The summed E-state index contributed by atoms with van der Waals surface area (Å²) < 4.78 is 4.62. The van der Waals surface area contributed by atoms with Crippen LogP contribution in [0.25, 0.3) is 0 Å². The van der Waals surface area contributed by atoms with E-state index in [2.05, 4.69) is 27.5 Å². The molecule has 0 aromatic heterocycles. The first-order valence-corrected chi connectivity index (χ1v) is 9.83. The average Bonchev–Trinajstić information content (AvgIpc) is 2.71. The quantitative estimate of drug-likeness (QED) is 0.234. The number of nitrogens with one attached hydrogen (secondary N) is 2. The predicted octanol–water partition coefficient (Wildman–Crippen LogP) is 3.18. The molecular weight excluding hydrogens is 358 g/mol. The van der Waals surface area contributed by atoms with Crippen molar-refractivity contribution in [2.24, 2.45) is 5.10 Å². The van der Waals surface area contributed by atoms with E-state index in [9.17, 15) is 14.4 Å². The van der Waals surface area contributed by atoms with Crippen LogP contribution in [0.5, 0.6) is 0 Å². The van der Waals surface area contributed by atoms with E-state index in [1.807, 2.05) is 0 Å². The molecule has 0 atom stereocenters. The van der Waals surface area contributed by atoms with Gasteiger partial charge in [-0.2, -0.15) is 5.10 Å². The molecule has 0 aliphatic heterocycles. The SMILES string of the molecule is CCCCCCCCCC(=O)NCC(=O)N/N=C/c1ccc(C(=O)OC)cc1. The summed E-state index contributed by atoms with van der Waals surface area (Å²) in [4.78, 5) is 34.8. The fraction of sp³-hybridized carbons (Fsp3) is 0.524. The molecule has 0 heterocycles. The summed E-state index contributed by atoms with van der Waals surface area (Å²) in [7, 11) is 1.32. The first-order chi connectivity index (χ1) is 13.6. The Kier molecular flexibility index (Phi) is 12.0. The van der Waals surface area contributed by atoms with E-state index in [1.165, 1.54) is 39.0 Å². The van der Waals surface area contributed by atoms with Crippen LogP contribution >= 0.6 is 0 Å². The largest absolute Gasteiger partial charge is 0.465 e. The monoisotopic (exact) mass is 389 g/mol. The van der Waals surface area contributed by atoms with Crippen molar-refractivity contribution in [3.63, 3.8) is 0 Å². The number of benzene rings is 1. The third kappa shape index (κ3) is 10.4. The molecule has 0 radical (unpaired) electrons. The van der Waals surface area contributed by atoms with Gasteiger partial charge < -0.3 is 10.1 Å². The van der Waals surface area contributed by atoms with Gasteiger partial charge in [-0.1, -0.05) is 57.6 Å². The molecule has 0 aliphatic carbocycles. The van der Waals surface area contributed by atoms with Crippen molar-refractivity contribution in [3.8, 4) is 0 Å². The van der Waals surface area contributed by atoms with E-state index in [0.717, 1.165) is 24.8 Å². The first-order valence-electron chi connectivity index (χ1n) is 9.83. The number of rotatable bonds is 13. The van der Waals surface area contributed by atoms with Crippen LogP contribution in [0.2, 0.25) is 0 Å². The minimum Gasteiger partial charge on any atom is -0.465 e. The zero-order valence-electron chi connectivity index (χ0n) is 16.8. The molecule has 0 fully saturated rings. The fourth-order valence-corrected chi connectivity index (χ4v) is 2.55. The van der Waals surface area contributed by atoms with Crippen molar-refractivity contribution in [2.75, 3.05) is 13.7 Å². The van der Waals surface area contributed by atoms with E-state index >= 15 is 0 Å². The highest BCUT2D eigenvalue weighted by molar-refractivity contribution is 5.91. The molecule has 7 nitrogen and oxygen atoms in total. The Morgan fingerprint density at radius 3 is 2.25 bits per heavy atom. The lowest BCUT2D eigenvalue weighted by molar-refractivity contribution is -0.126. The Morgan fingerprint density at radius 2 is 1.61 bits per heavy atom. The standard InChI is InChI=1S/C21H31N3O4/c1-3-4-5-6-7-8-9-10-19(25)22-16-20(26)24-23-15-17-11-13-18(14-12-17)21(27)28-2/h11-15H,3-10,16H2,1-2H3,(H,22,25)(H,24,26)/b23-15+. The summed E-state index contributed by atoms with van der Waals surface area (Å²) in [6.45, 7) is 2.09. The maximum absolute atomic E-state index is 11.7. The lowest BCUT2D eigenvalue weighted by atomic mass is 10.1.